The fraction of sp³-hybridized carbons (Fsp3) is 0.593. The summed E-state index contributed by atoms with van der Waals surface area (Å²) in [5.74, 6) is 0.735. The van der Waals surface area contributed by atoms with Crippen molar-refractivity contribution in [3.63, 3.8) is 0 Å². The lowest BCUT2D eigenvalue weighted by atomic mass is 9.84. The lowest BCUT2D eigenvalue weighted by Crippen LogP contribution is -2.66. The summed E-state index contributed by atoms with van der Waals surface area (Å²) in [4.78, 5) is 16.9. The molecular weight excluding hydrogens is 416 g/mol. The number of ether oxygens (including phenoxy) is 1. The van der Waals surface area contributed by atoms with E-state index in [1.165, 1.54) is 49.2 Å². The lowest BCUT2D eigenvalue weighted by Gasteiger charge is -2.53. The van der Waals surface area contributed by atoms with Gasteiger partial charge in [0.05, 0.1) is 26.2 Å². The van der Waals surface area contributed by atoms with Crippen LogP contribution in [0.3, 0.4) is 0 Å². The highest BCUT2D eigenvalue weighted by Crippen LogP contribution is 2.40. The van der Waals surface area contributed by atoms with E-state index in [-0.39, 0.29) is 12.3 Å². The van der Waals surface area contributed by atoms with Gasteiger partial charge in [-0.3, -0.25) is 9.38 Å². The van der Waals surface area contributed by atoms with E-state index in [0.29, 0.717) is 12.6 Å². The van der Waals surface area contributed by atoms with E-state index < -0.39 is 0 Å². The largest absolute Gasteiger partial charge is 0.414 e. The number of carbonyl (C=O) groups is 1. The van der Waals surface area contributed by atoms with Crippen molar-refractivity contribution >= 4 is 17.4 Å². The van der Waals surface area contributed by atoms with Crippen molar-refractivity contribution < 1.29 is 14.0 Å². The summed E-state index contributed by atoms with van der Waals surface area (Å²) in [6, 6.07) is 15.4. The molecule has 2 bridgehead atoms. The molecule has 4 heterocycles. The van der Waals surface area contributed by atoms with Gasteiger partial charge in [-0.05, 0) is 42.2 Å². The molecule has 172 valence electrons. The second kappa shape index (κ2) is 9.96. The van der Waals surface area contributed by atoms with Crippen LogP contribution in [0.1, 0.15) is 61.8 Å². The van der Waals surface area contributed by atoms with Gasteiger partial charge < -0.3 is 4.74 Å². The van der Waals surface area contributed by atoms with Gasteiger partial charge in [-0.15, -0.1) is 11.3 Å². The third-order valence-corrected chi connectivity index (χ3v) is 9.03. The van der Waals surface area contributed by atoms with Gasteiger partial charge in [0.15, 0.2) is 0 Å². The fourth-order valence-electron chi connectivity index (χ4n) is 6.25. The van der Waals surface area contributed by atoms with Crippen molar-refractivity contribution in [3.05, 3.63) is 58.3 Å². The monoisotopic (exact) mass is 453 g/mol. The number of thiophene rings is 1. The van der Waals surface area contributed by atoms with Gasteiger partial charge in [-0.2, -0.15) is 0 Å². The number of hydrogen-bond donors (Lipinski definition) is 0. The first-order chi connectivity index (χ1) is 15.7. The van der Waals surface area contributed by atoms with Gasteiger partial charge in [0, 0.05) is 36.6 Å². The Hall–Kier alpha value is -1.85. The maximum atomic E-state index is 13.5. The highest BCUT2D eigenvalue weighted by molar-refractivity contribution is 7.09. The van der Waals surface area contributed by atoms with E-state index in [1.807, 2.05) is 0 Å². The average Bonchev–Trinajstić information content (AvgIpc) is 3.54. The van der Waals surface area contributed by atoms with Gasteiger partial charge in [0.1, 0.15) is 0 Å². The molecule has 4 aliphatic rings. The lowest BCUT2D eigenvalue weighted by molar-refractivity contribution is -0.984. The molecule has 32 heavy (non-hydrogen) atoms. The van der Waals surface area contributed by atoms with Gasteiger partial charge in [-0.25, -0.2) is 4.79 Å². The minimum atomic E-state index is -0.0663. The molecule has 0 spiro atoms. The van der Waals surface area contributed by atoms with Gasteiger partial charge >= 0.3 is 6.09 Å². The molecule has 5 heteroatoms. The molecule has 1 saturated carbocycles. The minimum absolute atomic E-state index is 0.0398. The Morgan fingerprint density at radius 3 is 2.53 bits per heavy atom. The van der Waals surface area contributed by atoms with E-state index in [0.717, 1.165) is 49.0 Å². The van der Waals surface area contributed by atoms with Crippen LogP contribution >= 0.6 is 11.3 Å². The predicted octanol–water partition coefficient (Wildman–Crippen LogP) is 6.22. The van der Waals surface area contributed by atoms with Crippen molar-refractivity contribution in [2.75, 3.05) is 19.6 Å². The van der Waals surface area contributed by atoms with Crippen LogP contribution in [0.5, 0.6) is 0 Å². The topological polar surface area (TPSA) is 29.5 Å². The molecule has 4 nitrogen and oxygen atoms in total. The zero-order valence-electron chi connectivity index (χ0n) is 19.2. The number of amides is 1. The summed E-state index contributed by atoms with van der Waals surface area (Å²) in [6.07, 6.45) is 10.6. The second-order valence-electron chi connectivity index (χ2n) is 10.1. The Morgan fingerprint density at radius 2 is 1.81 bits per heavy atom. The summed E-state index contributed by atoms with van der Waals surface area (Å²) >= 11 is 1.74. The van der Waals surface area contributed by atoms with Crippen LogP contribution in [-0.4, -0.2) is 47.4 Å². The highest BCUT2D eigenvalue weighted by atomic mass is 32.1. The van der Waals surface area contributed by atoms with E-state index in [9.17, 15) is 4.79 Å². The standard InChI is InChI=1S/C27H37N2O2S/c30-27(28(24-11-4-5-12-24)21-25-13-7-19-32-25)31-26-20-23-14-17-29(26,18-15-23)16-6-10-22-8-2-1-3-9-22/h1-3,7-9,13,19,23-24,26H,4-6,10-12,14-18,20-21H2/q+1/t23?,26-,29?/m1/s1. The van der Waals surface area contributed by atoms with Crippen molar-refractivity contribution in [3.8, 4) is 0 Å². The van der Waals surface area contributed by atoms with Crippen LogP contribution in [0, 0.1) is 5.92 Å². The van der Waals surface area contributed by atoms with Crippen LogP contribution in [0.15, 0.2) is 47.8 Å². The van der Waals surface area contributed by atoms with E-state index in [2.05, 4.69) is 52.7 Å². The first kappa shape index (κ1) is 22.0. The summed E-state index contributed by atoms with van der Waals surface area (Å²) in [6.45, 7) is 4.16. The SMILES string of the molecule is O=C(O[C@@H]1CC2CC[N+]1(CCCc1ccccc1)CC2)N(Cc1cccs1)C1CCCC1. The van der Waals surface area contributed by atoms with Crippen LogP contribution in [0.4, 0.5) is 4.79 Å². The molecule has 3 aliphatic heterocycles. The number of quaternary nitrogens is 1. The third-order valence-electron chi connectivity index (χ3n) is 8.17. The number of carbonyl (C=O) groups excluding carboxylic acids is 1. The number of aryl methyl sites for hydroxylation is 1. The van der Waals surface area contributed by atoms with Crippen LogP contribution < -0.4 is 0 Å². The summed E-state index contributed by atoms with van der Waals surface area (Å²) in [5, 5.41) is 2.10. The third kappa shape index (κ3) is 4.89. The van der Waals surface area contributed by atoms with Crippen LogP contribution in [0.2, 0.25) is 0 Å². The van der Waals surface area contributed by atoms with E-state index >= 15 is 0 Å². The number of piperidine rings is 3. The van der Waals surface area contributed by atoms with Gasteiger partial charge in [0.25, 0.3) is 0 Å². The fourth-order valence-corrected chi connectivity index (χ4v) is 6.95. The number of fused-ring (bicyclic) bond motifs is 3. The Labute approximate surface area is 196 Å². The van der Waals surface area contributed by atoms with E-state index in [1.54, 1.807) is 11.3 Å². The van der Waals surface area contributed by atoms with Crippen LogP contribution in [0.25, 0.3) is 0 Å². The van der Waals surface area contributed by atoms with Crippen molar-refractivity contribution in [2.24, 2.45) is 5.92 Å². The minimum Gasteiger partial charge on any atom is -0.396 e. The Kier molecular flexibility index (Phi) is 6.84. The molecule has 1 aromatic carbocycles. The molecule has 6 rings (SSSR count). The molecule has 1 aromatic heterocycles. The Bertz CT molecular complexity index is 855. The zero-order chi connectivity index (χ0) is 21.8. The highest BCUT2D eigenvalue weighted by Gasteiger charge is 2.49. The summed E-state index contributed by atoms with van der Waals surface area (Å²) in [5.41, 5.74) is 1.41. The molecule has 2 aromatic rings. The molecule has 1 amide bonds. The second-order valence-corrected chi connectivity index (χ2v) is 11.2. The summed E-state index contributed by atoms with van der Waals surface area (Å²) < 4.78 is 7.41. The van der Waals surface area contributed by atoms with Crippen LogP contribution in [-0.2, 0) is 17.7 Å². The quantitative estimate of drug-likeness (QED) is 0.444. The first-order valence-electron chi connectivity index (χ1n) is 12.6. The number of hydrogen-bond acceptors (Lipinski definition) is 3. The summed E-state index contributed by atoms with van der Waals surface area (Å²) in [7, 11) is 0. The van der Waals surface area contributed by atoms with Crippen molar-refractivity contribution in [1.82, 2.24) is 4.90 Å². The molecule has 4 fully saturated rings. The molecular formula is C27H37N2O2S+. The van der Waals surface area contributed by atoms with Crippen molar-refractivity contribution in [1.29, 1.82) is 0 Å². The normalized spacial score (nSPS) is 27.5. The smallest absolute Gasteiger partial charge is 0.396 e. The van der Waals surface area contributed by atoms with E-state index in [4.69, 9.17) is 4.74 Å². The number of nitrogens with zero attached hydrogens (tertiary/aromatic N) is 2. The number of benzene rings is 1. The van der Waals surface area contributed by atoms with Gasteiger partial charge in [-0.1, -0.05) is 49.2 Å². The molecule has 3 saturated heterocycles. The average molecular weight is 454 g/mol. The van der Waals surface area contributed by atoms with Crippen molar-refractivity contribution in [2.45, 2.75) is 76.6 Å². The maximum Gasteiger partial charge on any atom is 0.414 e. The first-order valence-corrected chi connectivity index (χ1v) is 13.5. The maximum absolute atomic E-state index is 13.5. The van der Waals surface area contributed by atoms with Gasteiger partial charge in [0.2, 0.25) is 6.23 Å². The molecule has 1 aliphatic carbocycles. The molecule has 0 unspecified atom stereocenters. The Balaban J connectivity index is 1.26. The predicted molar refractivity (Wildman–Crippen MR) is 129 cm³/mol. The molecule has 0 N–H and O–H groups in total. The number of rotatable bonds is 8. The molecule has 0 radical (unpaired) electrons. The Morgan fingerprint density at radius 1 is 1.03 bits per heavy atom. The zero-order valence-corrected chi connectivity index (χ0v) is 20.0. The molecule has 1 atom stereocenters.